The van der Waals surface area contributed by atoms with Crippen molar-refractivity contribution in [1.29, 1.82) is 0 Å². The van der Waals surface area contributed by atoms with Crippen molar-refractivity contribution in [2.75, 3.05) is 7.11 Å². The van der Waals surface area contributed by atoms with Crippen LogP contribution >= 0.6 is 11.6 Å². The van der Waals surface area contributed by atoms with Crippen LogP contribution in [0.1, 0.15) is 15.9 Å². The molecule has 0 atom stereocenters. The first-order valence-electron chi connectivity index (χ1n) is 5.84. The molecule has 1 aromatic heterocycles. The number of halogens is 2. The Hall–Kier alpha value is -2.34. The van der Waals surface area contributed by atoms with Crippen molar-refractivity contribution in [3.8, 4) is 17.4 Å². The van der Waals surface area contributed by atoms with E-state index in [2.05, 4.69) is 4.98 Å². The highest BCUT2D eigenvalue weighted by Gasteiger charge is 2.21. The molecule has 21 heavy (non-hydrogen) atoms. The summed E-state index contributed by atoms with van der Waals surface area (Å²) in [6.45, 7) is 1.47. The number of carbonyl (C=O) groups is 1. The van der Waals surface area contributed by atoms with Crippen LogP contribution in [0.3, 0.4) is 0 Å². The lowest BCUT2D eigenvalue weighted by atomic mass is 10.1. The number of aromatic nitrogens is 1. The molecule has 7 heteroatoms. The Labute approximate surface area is 124 Å². The molecule has 0 aliphatic carbocycles. The normalized spacial score (nSPS) is 10.3. The van der Waals surface area contributed by atoms with Crippen molar-refractivity contribution in [1.82, 2.24) is 4.98 Å². The number of carboxylic acid groups (broad SMARTS) is 1. The van der Waals surface area contributed by atoms with Crippen LogP contribution in [-0.2, 0) is 0 Å². The molecule has 0 unspecified atom stereocenters. The first-order chi connectivity index (χ1) is 9.93. The van der Waals surface area contributed by atoms with Crippen LogP contribution < -0.4 is 9.47 Å². The maximum atomic E-state index is 13.9. The summed E-state index contributed by atoms with van der Waals surface area (Å²) in [6.07, 6.45) is 0. The molecule has 110 valence electrons. The highest BCUT2D eigenvalue weighted by atomic mass is 35.5. The smallest absolute Gasteiger partial charge is 0.342 e. The van der Waals surface area contributed by atoms with Gasteiger partial charge in [0, 0.05) is 0 Å². The molecule has 5 nitrogen and oxygen atoms in total. The molecule has 0 aliphatic heterocycles. The number of nitrogens with zero attached hydrogens (tertiary/aromatic N) is 1. The van der Waals surface area contributed by atoms with E-state index in [4.69, 9.17) is 26.2 Å². The van der Waals surface area contributed by atoms with E-state index < -0.39 is 17.3 Å². The number of carboxylic acids is 1. The van der Waals surface area contributed by atoms with Crippen molar-refractivity contribution < 1.29 is 23.8 Å². The van der Waals surface area contributed by atoms with Crippen LogP contribution in [0.25, 0.3) is 0 Å². The summed E-state index contributed by atoms with van der Waals surface area (Å²) in [5.41, 5.74) is -0.340. The Morgan fingerprint density at radius 2 is 1.95 bits per heavy atom. The summed E-state index contributed by atoms with van der Waals surface area (Å²) in [5.74, 6) is -2.21. The van der Waals surface area contributed by atoms with Gasteiger partial charge in [0.1, 0.15) is 22.3 Å². The van der Waals surface area contributed by atoms with Gasteiger partial charge in [-0.05, 0) is 30.7 Å². The Morgan fingerprint density at radius 1 is 1.29 bits per heavy atom. The Bertz CT molecular complexity index is 706. The third-order valence-corrected chi connectivity index (χ3v) is 2.93. The van der Waals surface area contributed by atoms with E-state index in [1.807, 2.05) is 0 Å². The van der Waals surface area contributed by atoms with Crippen molar-refractivity contribution in [3.05, 3.63) is 46.4 Å². The molecule has 0 fully saturated rings. The predicted molar refractivity (Wildman–Crippen MR) is 74.0 cm³/mol. The predicted octanol–water partition coefficient (Wildman–Crippen LogP) is 3.68. The zero-order valence-electron chi connectivity index (χ0n) is 11.2. The molecule has 0 saturated carbocycles. The van der Waals surface area contributed by atoms with Crippen molar-refractivity contribution in [2.24, 2.45) is 0 Å². The van der Waals surface area contributed by atoms with Gasteiger partial charge in [-0.25, -0.2) is 9.18 Å². The zero-order chi connectivity index (χ0) is 15.6. The van der Waals surface area contributed by atoms with Gasteiger partial charge in [0.05, 0.1) is 7.11 Å². The lowest BCUT2D eigenvalue weighted by Gasteiger charge is -2.12. The standard InChI is InChI=1S/C14H11ClFNO4/c1-7-3-4-8(11(12(7)16)14(18)19)21-9-5-6-10(15)17-13(9)20-2/h3-6H,1-2H3,(H,18,19). The molecule has 2 aromatic rings. The third kappa shape index (κ3) is 3.05. The number of methoxy groups -OCH3 is 1. The van der Waals surface area contributed by atoms with E-state index in [1.54, 1.807) is 0 Å². The van der Waals surface area contributed by atoms with Crippen LogP contribution in [0.15, 0.2) is 24.3 Å². The number of ether oxygens (including phenoxy) is 2. The minimum absolute atomic E-state index is 0.0693. The molecule has 0 bridgehead atoms. The number of benzene rings is 1. The van der Waals surface area contributed by atoms with Gasteiger partial charge in [-0.2, -0.15) is 4.98 Å². The average molecular weight is 312 g/mol. The second-order valence-corrected chi connectivity index (χ2v) is 4.51. The zero-order valence-corrected chi connectivity index (χ0v) is 11.9. The van der Waals surface area contributed by atoms with E-state index in [0.717, 1.165) is 0 Å². The summed E-state index contributed by atoms with van der Waals surface area (Å²) in [7, 11) is 1.36. The van der Waals surface area contributed by atoms with Gasteiger partial charge in [0.25, 0.3) is 5.88 Å². The molecule has 1 aromatic carbocycles. The van der Waals surface area contributed by atoms with Crippen LogP contribution in [0.4, 0.5) is 4.39 Å². The molecule has 0 amide bonds. The van der Waals surface area contributed by atoms with Crippen LogP contribution in [0.5, 0.6) is 17.4 Å². The quantitative estimate of drug-likeness (QED) is 0.872. The maximum Gasteiger partial charge on any atom is 0.342 e. The van der Waals surface area contributed by atoms with Crippen molar-refractivity contribution in [2.45, 2.75) is 6.92 Å². The van der Waals surface area contributed by atoms with E-state index in [0.29, 0.717) is 0 Å². The molecule has 1 heterocycles. The van der Waals surface area contributed by atoms with E-state index in [9.17, 15) is 9.18 Å². The minimum Gasteiger partial charge on any atom is -0.478 e. The van der Waals surface area contributed by atoms with Gasteiger partial charge in [0.15, 0.2) is 5.75 Å². The fourth-order valence-electron chi connectivity index (χ4n) is 1.69. The lowest BCUT2D eigenvalue weighted by Crippen LogP contribution is -2.06. The van der Waals surface area contributed by atoms with Crippen molar-refractivity contribution >= 4 is 17.6 Å². The van der Waals surface area contributed by atoms with Crippen LogP contribution in [-0.4, -0.2) is 23.2 Å². The Kier molecular flexibility index (Phi) is 4.28. The minimum atomic E-state index is -1.42. The number of rotatable bonds is 4. The monoisotopic (exact) mass is 311 g/mol. The maximum absolute atomic E-state index is 13.9. The highest BCUT2D eigenvalue weighted by molar-refractivity contribution is 6.29. The fraction of sp³-hybridized carbons (Fsp3) is 0.143. The summed E-state index contributed by atoms with van der Waals surface area (Å²) < 4.78 is 24.3. The van der Waals surface area contributed by atoms with Gasteiger partial charge < -0.3 is 14.6 Å². The largest absolute Gasteiger partial charge is 0.478 e. The fourth-order valence-corrected chi connectivity index (χ4v) is 1.83. The SMILES string of the molecule is COc1nc(Cl)ccc1Oc1ccc(C)c(F)c1C(=O)O. The number of aryl methyl sites for hydroxylation is 1. The van der Waals surface area contributed by atoms with Crippen LogP contribution in [0.2, 0.25) is 5.15 Å². The Balaban J connectivity index is 2.50. The average Bonchev–Trinajstić information content (AvgIpc) is 2.44. The number of aromatic carboxylic acids is 1. The summed E-state index contributed by atoms with van der Waals surface area (Å²) in [5, 5.41) is 9.32. The first kappa shape index (κ1) is 15.1. The van der Waals surface area contributed by atoms with Gasteiger partial charge in [0.2, 0.25) is 0 Å². The second-order valence-electron chi connectivity index (χ2n) is 4.12. The Morgan fingerprint density at radius 3 is 2.57 bits per heavy atom. The third-order valence-electron chi connectivity index (χ3n) is 2.72. The molecule has 0 spiro atoms. The summed E-state index contributed by atoms with van der Waals surface area (Å²) >= 11 is 5.73. The second kappa shape index (κ2) is 5.97. The van der Waals surface area contributed by atoms with Gasteiger partial charge >= 0.3 is 5.97 Å². The molecule has 2 rings (SSSR count). The van der Waals surface area contributed by atoms with Crippen molar-refractivity contribution in [3.63, 3.8) is 0 Å². The molecule has 1 N–H and O–H groups in total. The topological polar surface area (TPSA) is 68.7 Å². The van der Waals surface area contributed by atoms with E-state index in [-0.39, 0.29) is 28.1 Å². The van der Waals surface area contributed by atoms with E-state index in [1.165, 1.54) is 38.3 Å². The molecule has 0 saturated heterocycles. The van der Waals surface area contributed by atoms with Gasteiger partial charge in [-0.3, -0.25) is 0 Å². The summed E-state index contributed by atoms with van der Waals surface area (Å²) in [6, 6.07) is 5.70. The molecular weight excluding hydrogens is 301 g/mol. The van der Waals surface area contributed by atoms with E-state index >= 15 is 0 Å². The highest BCUT2D eigenvalue weighted by Crippen LogP contribution is 2.34. The molecule has 0 radical (unpaired) electrons. The number of pyridine rings is 1. The molecule has 0 aliphatic rings. The van der Waals surface area contributed by atoms with Gasteiger partial charge in [-0.1, -0.05) is 17.7 Å². The van der Waals surface area contributed by atoms with Gasteiger partial charge in [-0.15, -0.1) is 0 Å². The lowest BCUT2D eigenvalue weighted by molar-refractivity contribution is 0.0688. The summed E-state index contributed by atoms with van der Waals surface area (Å²) in [4.78, 5) is 15.1. The van der Waals surface area contributed by atoms with Crippen LogP contribution in [0, 0.1) is 12.7 Å². The number of hydrogen-bond acceptors (Lipinski definition) is 4. The number of hydrogen-bond donors (Lipinski definition) is 1. The molecular formula is C14H11ClFNO4. The first-order valence-corrected chi connectivity index (χ1v) is 6.22.